The zero-order valence-corrected chi connectivity index (χ0v) is 12.5. The van der Waals surface area contributed by atoms with Crippen molar-refractivity contribution in [3.05, 3.63) is 26.6 Å². The Kier molecular flexibility index (Phi) is 4.02. The topological polar surface area (TPSA) is 83.9 Å². The van der Waals surface area contributed by atoms with Gasteiger partial charge in [-0.15, -0.1) is 0 Å². The molecule has 100 valence electrons. The number of carboxylic acid groups (broad SMARTS) is 1. The zero-order valence-electron chi connectivity index (χ0n) is 9.35. The molecule has 0 unspecified atom stereocenters. The third-order valence-electron chi connectivity index (χ3n) is 2.43. The van der Waals surface area contributed by atoms with Gasteiger partial charge in [-0.1, -0.05) is 15.9 Å². The summed E-state index contributed by atoms with van der Waals surface area (Å²) in [5.41, 5.74) is -0.126. The monoisotopic (exact) mass is 391 g/mol. The van der Waals surface area contributed by atoms with E-state index in [1.54, 1.807) is 6.07 Å². The van der Waals surface area contributed by atoms with Crippen molar-refractivity contribution >= 4 is 55.3 Å². The number of benzene rings is 1. The van der Waals surface area contributed by atoms with Gasteiger partial charge in [0.1, 0.15) is 13.2 Å². The SMILES string of the molecule is O=C(O)c1cc(Br)cc(Br)c1N1C(=O)COCC1=O. The molecule has 1 saturated heterocycles. The van der Waals surface area contributed by atoms with Gasteiger partial charge in [0.25, 0.3) is 11.8 Å². The number of morpholine rings is 1. The normalized spacial score (nSPS) is 15.8. The Labute approximate surface area is 124 Å². The molecule has 0 bridgehead atoms. The Hall–Kier alpha value is -1.25. The molecule has 0 radical (unpaired) electrons. The molecule has 6 nitrogen and oxygen atoms in total. The number of carbonyl (C=O) groups is 3. The van der Waals surface area contributed by atoms with Gasteiger partial charge in [-0.05, 0) is 28.1 Å². The molecule has 0 saturated carbocycles. The smallest absolute Gasteiger partial charge is 0.337 e. The first-order chi connectivity index (χ1) is 8.91. The van der Waals surface area contributed by atoms with Crippen LogP contribution in [-0.2, 0) is 14.3 Å². The number of halogens is 2. The molecule has 1 aromatic carbocycles. The summed E-state index contributed by atoms with van der Waals surface area (Å²) >= 11 is 6.34. The first kappa shape index (κ1) is 14.2. The molecule has 1 aromatic rings. The Morgan fingerprint density at radius 1 is 1.21 bits per heavy atom. The van der Waals surface area contributed by atoms with Crippen LogP contribution in [-0.4, -0.2) is 36.1 Å². The van der Waals surface area contributed by atoms with Gasteiger partial charge >= 0.3 is 5.97 Å². The van der Waals surface area contributed by atoms with E-state index in [1.165, 1.54) is 6.07 Å². The Morgan fingerprint density at radius 2 is 1.79 bits per heavy atom. The molecule has 2 rings (SSSR count). The Morgan fingerprint density at radius 3 is 2.32 bits per heavy atom. The summed E-state index contributed by atoms with van der Waals surface area (Å²) < 4.78 is 5.65. The first-order valence-corrected chi connectivity index (χ1v) is 6.66. The van der Waals surface area contributed by atoms with Crippen molar-refractivity contribution in [3.63, 3.8) is 0 Å². The van der Waals surface area contributed by atoms with Gasteiger partial charge in [0.05, 0.1) is 11.3 Å². The second-order valence-electron chi connectivity index (χ2n) is 3.70. The predicted octanol–water partition coefficient (Wildman–Crippen LogP) is 1.80. The molecule has 1 aliphatic heterocycles. The minimum absolute atomic E-state index is 0.0222. The summed E-state index contributed by atoms with van der Waals surface area (Å²) in [5.74, 6) is -2.42. The number of nitrogens with zero attached hydrogens (tertiary/aromatic N) is 1. The molecular weight excluding hydrogens is 386 g/mol. The Bertz CT molecular complexity index is 571. The highest BCUT2D eigenvalue weighted by Crippen LogP contribution is 2.34. The molecule has 19 heavy (non-hydrogen) atoms. The van der Waals surface area contributed by atoms with Gasteiger partial charge in [-0.25, -0.2) is 9.69 Å². The number of anilines is 1. The molecule has 0 aliphatic carbocycles. The highest BCUT2D eigenvalue weighted by Gasteiger charge is 2.33. The van der Waals surface area contributed by atoms with Crippen LogP contribution >= 0.6 is 31.9 Å². The summed E-state index contributed by atoms with van der Waals surface area (Å²) in [7, 11) is 0. The van der Waals surface area contributed by atoms with Crippen molar-refractivity contribution < 1.29 is 24.2 Å². The van der Waals surface area contributed by atoms with Crippen LogP contribution in [0, 0.1) is 0 Å². The summed E-state index contributed by atoms with van der Waals surface area (Å²) in [6.07, 6.45) is 0. The van der Waals surface area contributed by atoms with E-state index in [-0.39, 0.29) is 24.5 Å². The third kappa shape index (κ3) is 2.70. The lowest BCUT2D eigenvalue weighted by Gasteiger charge is -2.27. The van der Waals surface area contributed by atoms with Gasteiger partial charge in [0.15, 0.2) is 0 Å². The van der Waals surface area contributed by atoms with Crippen LogP contribution < -0.4 is 4.90 Å². The van der Waals surface area contributed by atoms with Crippen LogP contribution in [0.5, 0.6) is 0 Å². The maximum atomic E-state index is 11.8. The van der Waals surface area contributed by atoms with Crippen LogP contribution in [0.15, 0.2) is 21.1 Å². The predicted molar refractivity (Wildman–Crippen MR) is 72.1 cm³/mol. The van der Waals surface area contributed by atoms with Crippen LogP contribution in [0.2, 0.25) is 0 Å². The highest BCUT2D eigenvalue weighted by atomic mass is 79.9. The van der Waals surface area contributed by atoms with Gasteiger partial charge in [0.2, 0.25) is 0 Å². The minimum Gasteiger partial charge on any atom is -0.478 e. The summed E-state index contributed by atoms with van der Waals surface area (Å²) in [6.45, 7) is -0.513. The lowest BCUT2D eigenvalue weighted by atomic mass is 10.1. The van der Waals surface area contributed by atoms with E-state index in [2.05, 4.69) is 31.9 Å². The van der Waals surface area contributed by atoms with E-state index in [1.807, 2.05) is 0 Å². The number of carboxylic acids is 1. The number of ether oxygens (including phenoxy) is 1. The standard InChI is InChI=1S/C11H7Br2NO5/c12-5-1-6(11(17)18)10(7(13)2-5)14-8(15)3-19-4-9(14)16/h1-2H,3-4H2,(H,17,18). The fraction of sp³-hybridized carbons (Fsp3) is 0.182. The number of hydrogen-bond acceptors (Lipinski definition) is 4. The van der Waals surface area contributed by atoms with Crippen molar-refractivity contribution in [1.82, 2.24) is 0 Å². The quantitative estimate of drug-likeness (QED) is 0.776. The highest BCUT2D eigenvalue weighted by molar-refractivity contribution is 9.11. The average Bonchev–Trinajstić information content (AvgIpc) is 2.30. The fourth-order valence-electron chi connectivity index (χ4n) is 1.70. The molecule has 1 heterocycles. The second-order valence-corrected chi connectivity index (χ2v) is 5.47. The number of carbonyl (C=O) groups excluding carboxylic acids is 2. The number of hydrogen-bond donors (Lipinski definition) is 1. The summed E-state index contributed by atoms with van der Waals surface area (Å²) in [6, 6.07) is 2.90. The van der Waals surface area contributed by atoms with E-state index >= 15 is 0 Å². The number of amides is 2. The van der Waals surface area contributed by atoms with Gasteiger partial charge in [-0.2, -0.15) is 0 Å². The van der Waals surface area contributed by atoms with E-state index in [9.17, 15) is 19.5 Å². The molecular formula is C11H7Br2NO5. The average molecular weight is 393 g/mol. The molecule has 0 atom stereocenters. The fourth-order valence-corrected chi connectivity index (χ4v) is 3.10. The van der Waals surface area contributed by atoms with Crippen molar-refractivity contribution in [2.24, 2.45) is 0 Å². The molecule has 2 amide bonds. The zero-order chi connectivity index (χ0) is 14.2. The Balaban J connectivity index is 2.63. The van der Waals surface area contributed by atoms with Crippen molar-refractivity contribution in [3.8, 4) is 0 Å². The maximum absolute atomic E-state index is 11.8. The number of imide groups is 1. The molecule has 1 N–H and O–H groups in total. The largest absolute Gasteiger partial charge is 0.478 e. The van der Waals surface area contributed by atoms with E-state index in [0.29, 0.717) is 8.95 Å². The van der Waals surface area contributed by atoms with Crippen molar-refractivity contribution in [1.29, 1.82) is 0 Å². The maximum Gasteiger partial charge on any atom is 0.337 e. The molecule has 1 aliphatic rings. The minimum atomic E-state index is -1.23. The number of rotatable bonds is 2. The third-order valence-corrected chi connectivity index (χ3v) is 3.49. The molecule has 8 heteroatoms. The van der Waals surface area contributed by atoms with Crippen LogP contribution in [0.25, 0.3) is 0 Å². The lowest BCUT2D eigenvalue weighted by molar-refractivity contribution is -0.138. The first-order valence-electron chi connectivity index (χ1n) is 5.07. The number of aromatic carboxylic acids is 1. The van der Waals surface area contributed by atoms with Gasteiger partial charge < -0.3 is 9.84 Å². The van der Waals surface area contributed by atoms with E-state index in [0.717, 1.165) is 4.90 Å². The van der Waals surface area contributed by atoms with Crippen molar-refractivity contribution in [2.75, 3.05) is 18.1 Å². The summed E-state index contributed by atoms with van der Waals surface area (Å²) in [5, 5.41) is 9.20. The molecule has 0 spiro atoms. The molecule has 0 aromatic heterocycles. The van der Waals surface area contributed by atoms with Crippen LogP contribution in [0.1, 0.15) is 10.4 Å². The van der Waals surface area contributed by atoms with Gasteiger partial charge in [0, 0.05) is 8.95 Å². The van der Waals surface area contributed by atoms with Crippen molar-refractivity contribution in [2.45, 2.75) is 0 Å². The lowest BCUT2D eigenvalue weighted by Crippen LogP contribution is -2.47. The van der Waals surface area contributed by atoms with E-state index in [4.69, 9.17) is 4.74 Å². The summed E-state index contributed by atoms with van der Waals surface area (Å²) in [4.78, 5) is 35.6. The molecule has 1 fully saturated rings. The van der Waals surface area contributed by atoms with Crippen LogP contribution in [0.4, 0.5) is 5.69 Å². The second kappa shape index (κ2) is 5.40. The van der Waals surface area contributed by atoms with E-state index < -0.39 is 17.8 Å². The van der Waals surface area contributed by atoms with Gasteiger partial charge in [-0.3, -0.25) is 9.59 Å². The van der Waals surface area contributed by atoms with Crippen LogP contribution in [0.3, 0.4) is 0 Å².